The number of rotatable bonds is 9. The molecule has 0 spiro atoms. The van der Waals surface area contributed by atoms with Crippen molar-refractivity contribution in [1.82, 2.24) is 19.3 Å². The molecule has 2 aromatic carbocycles. The number of fused-ring (bicyclic) bond motifs is 3. The Morgan fingerprint density at radius 2 is 1.65 bits per heavy atom. The summed E-state index contributed by atoms with van der Waals surface area (Å²) >= 11 is 13.6. The highest BCUT2D eigenvalue weighted by molar-refractivity contribution is 6.41. The van der Waals surface area contributed by atoms with Crippen LogP contribution in [0.4, 0.5) is 11.4 Å². The van der Waals surface area contributed by atoms with E-state index in [2.05, 4.69) is 20.1 Å². The fourth-order valence-corrected chi connectivity index (χ4v) is 7.18. The maximum absolute atomic E-state index is 12.7. The van der Waals surface area contributed by atoms with Crippen molar-refractivity contribution in [3.05, 3.63) is 59.0 Å². The molecule has 2 fully saturated rings. The number of pyridine rings is 2. The molecule has 1 saturated carbocycles. The Balaban J connectivity index is 1.34. The first-order valence-corrected chi connectivity index (χ1v) is 16.3. The van der Waals surface area contributed by atoms with Gasteiger partial charge in [-0.15, -0.1) is 0 Å². The van der Waals surface area contributed by atoms with Gasteiger partial charge in [0.05, 0.1) is 60.0 Å². The fraction of sp³-hybridized carbons (Fsp3) is 0.314. The number of nitrogens with one attached hydrogen (secondary N) is 1. The molecule has 0 radical (unpaired) electrons. The van der Waals surface area contributed by atoms with Crippen LogP contribution in [0.3, 0.4) is 0 Å². The molecule has 7 rings (SSSR count). The molecule has 0 atom stereocenters. The summed E-state index contributed by atoms with van der Waals surface area (Å²) in [4.78, 5) is 27.0. The van der Waals surface area contributed by atoms with Crippen LogP contribution in [0.1, 0.15) is 19.3 Å². The number of anilines is 2. The molecule has 1 saturated heterocycles. The van der Waals surface area contributed by atoms with E-state index in [1.165, 1.54) is 27.1 Å². The van der Waals surface area contributed by atoms with Crippen LogP contribution in [0.5, 0.6) is 17.2 Å². The highest BCUT2D eigenvalue weighted by atomic mass is 35.5. The first-order chi connectivity index (χ1) is 23.3. The van der Waals surface area contributed by atoms with Gasteiger partial charge in [0.1, 0.15) is 29.3 Å². The van der Waals surface area contributed by atoms with Crippen molar-refractivity contribution in [3.8, 4) is 45.7 Å². The Morgan fingerprint density at radius 3 is 2.29 bits per heavy atom. The number of aromatic nitrogens is 3. The number of halogens is 2. The average molecular weight is 687 g/mol. The van der Waals surface area contributed by atoms with Gasteiger partial charge in [-0.1, -0.05) is 23.2 Å². The normalized spacial score (nSPS) is 15.0. The molecule has 13 heteroatoms. The second kappa shape index (κ2) is 13.0. The summed E-state index contributed by atoms with van der Waals surface area (Å²) in [6.45, 7) is 3.55. The number of imidazole rings is 1. The highest BCUT2D eigenvalue weighted by Crippen LogP contribution is 2.48. The SMILES string of the molecule is COc1cc(N2CCN(C3CC3)CC2)c(NC(=O)CC#N)cc1-c1cc2c(cn1)cc(-c1c(Cl)c(OC)cc(OC)c1Cl)c1nccn12. The molecule has 0 bridgehead atoms. The van der Waals surface area contributed by atoms with Gasteiger partial charge in [-0.25, -0.2) is 4.98 Å². The molecule has 11 nitrogen and oxygen atoms in total. The lowest BCUT2D eigenvalue weighted by Crippen LogP contribution is -2.47. The van der Waals surface area contributed by atoms with Crippen molar-refractivity contribution in [2.24, 2.45) is 0 Å². The second-order valence-electron chi connectivity index (χ2n) is 11.8. The van der Waals surface area contributed by atoms with Crippen molar-refractivity contribution < 1.29 is 19.0 Å². The van der Waals surface area contributed by atoms with Gasteiger partial charge >= 0.3 is 0 Å². The molecule has 0 unspecified atom stereocenters. The number of hydrogen-bond donors (Lipinski definition) is 1. The summed E-state index contributed by atoms with van der Waals surface area (Å²) < 4.78 is 18.9. The molecule has 1 aliphatic carbocycles. The molecule has 3 aromatic heterocycles. The van der Waals surface area contributed by atoms with Crippen molar-refractivity contribution in [2.75, 3.05) is 57.7 Å². The lowest BCUT2D eigenvalue weighted by molar-refractivity contribution is -0.115. The molecule has 4 heterocycles. The van der Waals surface area contributed by atoms with Crippen molar-refractivity contribution in [3.63, 3.8) is 0 Å². The standard InChI is InChI=1S/C35H33Cl2N7O4/c1-46-28-17-27(43-12-10-42(11-13-43)21-4-5-21)25(41-31(45)6-7-38)15-22(28)24-16-26-20(19-40-24)14-23(35-39-8-9-44(26)35)32-33(36)29(47-2)18-30(48-3)34(32)37/h8-9,14-19,21H,4-6,10-13H2,1-3H3,(H,41,45). The minimum absolute atomic E-state index is 0.251. The van der Waals surface area contributed by atoms with E-state index in [1.807, 2.05) is 40.9 Å². The minimum atomic E-state index is -0.378. The van der Waals surface area contributed by atoms with Gasteiger partial charge < -0.3 is 24.4 Å². The predicted molar refractivity (Wildman–Crippen MR) is 187 cm³/mol. The average Bonchev–Trinajstić information content (AvgIpc) is 3.83. The maximum atomic E-state index is 12.7. The molecule has 1 aliphatic heterocycles. The number of piperazine rings is 1. The molecule has 1 N–H and O–H groups in total. The Bertz CT molecular complexity index is 2070. The molecular formula is C35H33Cl2N7O4. The van der Waals surface area contributed by atoms with E-state index in [9.17, 15) is 10.1 Å². The summed E-state index contributed by atoms with van der Waals surface area (Å²) in [5, 5.41) is 13.6. The number of hydrogen-bond acceptors (Lipinski definition) is 9. The largest absolute Gasteiger partial charge is 0.496 e. The van der Waals surface area contributed by atoms with Crippen molar-refractivity contribution in [1.29, 1.82) is 5.26 Å². The van der Waals surface area contributed by atoms with E-state index in [1.54, 1.807) is 25.6 Å². The van der Waals surface area contributed by atoms with Crippen LogP contribution >= 0.6 is 23.2 Å². The summed E-state index contributed by atoms with van der Waals surface area (Å²) in [5.74, 6) is 1.07. The first-order valence-electron chi connectivity index (χ1n) is 15.6. The summed E-state index contributed by atoms with van der Waals surface area (Å²) in [6.07, 6.45) is 7.61. The van der Waals surface area contributed by atoms with Crippen LogP contribution in [0, 0.1) is 11.3 Å². The van der Waals surface area contributed by atoms with Crippen LogP contribution in [-0.4, -0.2) is 78.7 Å². The summed E-state index contributed by atoms with van der Waals surface area (Å²) in [6, 6.07) is 12.0. The maximum Gasteiger partial charge on any atom is 0.238 e. The number of ether oxygens (including phenoxy) is 3. The van der Waals surface area contributed by atoms with Crippen molar-refractivity contribution in [2.45, 2.75) is 25.3 Å². The topological polar surface area (TPSA) is 117 Å². The minimum Gasteiger partial charge on any atom is -0.496 e. The molecule has 246 valence electrons. The number of carbonyl (C=O) groups excluding carboxylic acids is 1. The lowest BCUT2D eigenvalue weighted by atomic mass is 10.0. The van der Waals surface area contributed by atoms with E-state index >= 15 is 0 Å². The van der Waals surface area contributed by atoms with Crippen LogP contribution in [0.15, 0.2) is 48.9 Å². The smallest absolute Gasteiger partial charge is 0.238 e. The van der Waals surface area contributed by atoms with Crippen molar-refractivity contribution >= 4 is 57.0 Å². The predicted octanol–water partition coefficient (Wildman–Crippen LogP) is 6.69. The number of methoxy groups -OCH3 is 3. The Kier molecular flexibility index (Phi) is 8.64. The second-order valence-corrected chi connectivity index (χ2v) is 12.6. The first kappa shape index (κ1) is 31.8. The van der Waals surface area contributed by atoms with Gasteiger partial charge in [-0.3, -0.25) is 19.1 Å². The van der Waals surface area contributed by atoms with Crippen LogP contribution in [0.2, 0.25) is 10.0 Å². The van der Waals surface area contributed by atoms with Gasteiger partial charge in [-0.05, 0) is 31.0 Å². The van der Waals surface area contributed by atoms with Gasteiger partial charge in [0.15, 0.2) is 0 Å². The summed E-state index contributed by atoms with van der Waals surface area (Å²) in [7, 11) is 4.69. The zero-order chi connectivity index (χ0) is 33.5. The monoisotopic (exact) mass is 685 g/mol. The van der Waals surface area contributed by atoms with Gasteiger partial charge in [0.2, 0.25) is 5.91 Å². The van der Waals surface area contributed by atoms with Crippen LogP contribution < -0.4 is 24.4 Å². The number of nitriles is 1. The lowest BCUT2D eigenvalue weighted by Gasteiger charge is -2.37. The molecule has 2 aliphatic rings. The molecule has 48 heavy (non-hydrogen) atoms. The third-order valence-corrected chi connectivity index (χ3v) is 9.77. The zero-order valence-corrected chi connectivity index (χ0v) is 28.2. The Hall–Kier alpha value is -4.76. The third-order valence-electron chi connectivity index (χ3n) is 9.02. The van der Waals surface area contributed by atoms with Crippen LogP contribution in [-0.2, 0) is 4.79 Å². The van der Waals surface area contributed by atoms with E-state index in [-0.39, 0.29) is 12.3 Å². The molecular weight excluding hydrogens is 653 g/mol. The Morgan fingerprint density at radius 1 is 0.938 bits per heavy atom. The number of carbonyl (C=O) groups is 1. The zero-order valence-electron chi connectivity index (χ0n) is 26.7. The number of nitrogens with zero attached hydrogens (tertiary/aromatic N) is 6. The van der Waals surface area contributed by atoms with Gasteiger partial charge in [-0.2, -0.15) is 5.26 Å². The number of benzene rings is 2. The van der Waals surface area contributed by atoms with E-state index in [4.69, 9.17) is 42.4 Å². The fourth-order valence-electron chi connectivity index (χ4n) is 6.48. The highest BCUT2D eigenvalue weighted by Gasteiger charge is 2.32. The summed E-state index contributed by atoms with van der Waals surface area (Å²) in [5.41, 5.74) is 5.43. The third kappa shape index (κ3) is 5.70. The Labute approximate surface area is 287 Å². The van der Waals surface area contributed by atoms with Gasteiger partial charge in [0.25, 0.3) is 0 Å². The van der Waals surface area contributed by atoms with E-state index < -0.39 is 0 Å². The van der Waals surface area contributed by atoms with Crippen LogP contribution in [0.25, 0.3) is 38.9 Å². The number of amides is 1. The quantitative estimate of drug-likeness (QED) is 0.181. The molecule has 5 aromatic rings. The van der Waals surface area contributed by atoms with E-state index in [0.29, 0.717) is 67.1 Å². The van der Waals surface area contributed by atoms with E-state index in [0.717, 1.165) is 42.8 Å². The van der Waals surface area contributed by atoms with Gasteiger partial charge in [0, 0.05) is 85.0 Å². The molecule has 1 amide bonds.